The Morgan fingerprint density at radius 2 is 1.47 bits per heavy atom. The molecule has 9 atom stereocenters. The van der Waals surface area contributed by atoms with E-state index in [1.54, 1.807) is 0 Å². The number of hydrogen-bond donors (Lipinski definition) is 1. The predicted octanol–water partition coefficient (Wildman–Crippen LogP) is 4.59. The van der Waals surface area contributed by atoms with Crippen LogP contribution < -0.4 is 0 Å². The van der Waals surface area contributed by atoms with Gasteiger partial charge in [0.25, 0.3) is 0 Å². The summed E-state index contributed by atoms with van der Waals surface area (Å²) >= 11 is 0. The van der Waals surface area contributed by atoms with Gasteiger partial charge in [-0.15, -0.1) is 18.9 Å². The van der Waals surface area contributed by atoms with E-state index in [0.29, 0.717) is 45.3 Å². The van der Waals surface area contributed by atoms with Gasteiger partial charge in [0.05, 0.1) is 49.8 Å². The Balaban J connectivity index is 1.39. The lowest BCUT2D eigenvalue weighted by Gasteiger charge is -2.51. The third-order valence-electron chi connectivity index (χ3n) is 7.76. The molecule has 0 spiro atoms. The van der Waals surface area contributed by atoms with Crippen LogP contribution in [0.2, 0.25) is 0 Å². The summed E-state index contributed by atoms with van der Waals surface area (Å²) in [5.41, 5.74) is 2.17. The van der Waals surface area contributed by atoms with Crippen LogP contribution in [0.25, 0.3) is 0 Å². The van der Waals surface area contributed by atoms with Crippen molar-refractivity contribution < 1.29 is 28.8 Å². The number of ether oxygens (including phenoxy) is 5. The molecule has 6 heteroatoms. The Bertz CT molecular complexity index is 1050. The molecule has 6 nitrogen and oxygen atoms in total. The minimum Gasteiger partial charge on any atom is -0.390 e. The second-order valence-electron chi connectivity index (χ2n) is 10.4. The number of benzene rings is 2. The number of aliphatic hydroxyl groups is 1. The van der Waals surface area contributed by atoms with Crippen LogP contribution in [0.4, 0.5) is 0 Å². The summed E-state index contributed by atoms with van der Waals surface area (Å²) in [6.07, 6.45) is 7.45. The van der Waals surface area contributed by atoms with Crippen molar-refractivity contribution in [2.45, 2.75) is 100 Å². The highest BCUT2D eigenvalue weighted by molar-refractivity contribution is 5.15. The van der Waals surface area contributed by atoms with Crippen molar-refractivity contribution in [2.75, 3.05) is 0 Å². The first-order valence-electron chi connectivity index (χ1n) is 13.7. The monoisotopic (exact) mass is 518 g/mol. The molecule has 0 aromatic heterocycles. The Kier molecular flexibility index (Phi) is 9.29. The molecular formula is C32H38O6. The van der Waals surface area contributed by atoms with E-state index in [1.807, 2.05) is 42.5 Å². The van der Waals surface area contributed by atoms with Crippen molar-refractivity contribution in [2.24, 2.45) is 0 Å². The molecule has 2 aromatic carbocycles. The van der Waals surface area contributed by atoms with E-state index in [-0.39, 0.29) is 42.7 Å². The lowest BCUT2D eigenvalue weighted by Crippen LogP contribution is -2.64. The first kappa shape index (κ1) is 27.1. The van der Waals surface area contributed by atoms with E-state index in [1.165, 1.54) is 0 Å². The number of aliphatic hydroxyl groups excluding tert-OH is 1. The zero-order chi connectivity index (χ0) is 26.3. The average Bonchev–Trinajstić information content (AvgIpc) is 3.09. The molecule has 0 saturated carbocycles. The first-order chi connectivity index (χ1) is 18.7. The van der Waals surface area contributed by atoms with Gasteiger partial charge >= 0.3 is 0 Å². The third kappa shape index (κ3) is 6.38. The Morgan fingerprint density at radius 1 is 0.842 bits per heavy atom. The molecule has 3 fully saturated rings. The van der Waals surface area contributed by atoms with Crippen molar-refractivity contribution >= 4 is 0 Å². The molecule has 0 unspecified atom stereocenters. The lowest BCUT2D eigenvalue weighted by molar-refractivity contribution is -0.303. The summed E-state index contributed by atoms with van der Waals surface area (Å²) in [4.78, 5) is 0. The van der Waals surface area contributed by atoms with E-state index < -0.39 is 12.2 Å². The number of rotatable bonds is 9. The van der Waals surface area contributed by atoms with Gasteiger partial charge in [-0.05, 0) is 30.4 Å². The van der Waals surface area contributed by atoms with Crippen LogP contribution >= 0.6 is 0 Å². The van der Waals surface area contributed by atoms with Crippen LogP contribution in [-0.2, 0) is 36.9 Å². The van der Waals surface area contributed by atoms with Gasteiger partial charge in [0.2, 0.25) is 0 Å². The first-order valence-corrected chi connectivity index (χ1v) is 13.7. The van der Waals surface area contributed by atoms with Crippen LogP contribution in [0.1, 0.15) is 43.2 Å². The van der Waals surface area contributed by atoms with Gasteiger partial charge in [-0.2, -0.15) is 0 Å². The van der Waals surface area contributed by atoms with E-state index >= 15 is 0 Å². The maximum atomic E-state index is 10.6. The Labute approximate surface area is 225 Å². The largest absolute Gasteiger partial charge is 0.390 e. The van der Waals surface area contributed by atoms with Crippen molar-refractivity contribution in [3.05, 3.63) is 84.4 Å². The summed E-state index contributed by atoms with van der Waals surface area (Å²) in [7, 11) is 0. The fraction of sp³-hybridized carbons (Fsp3) is 0.500. The molecule has 0 amide bonds. The Morgan fingerprint density at radius 3 is 2.11 bits per heavy atom. The lowest BCUT2D eigenvalue weighted by atomic mass is 9.86. The highest BCUT2D eigenvalue weighted by atomic mass is 16.6. The van der Waals surface area contributed by atoms with E-state index in [4.69, 9.17) is 30.1 Å². The normalized spacial score (nSPS) is 34.8. The molecule has 3 aliphatic heterocycles. The molecule has 5 rings (SSSR count). The molecule has 3 heterocycles. The predicted molar refractivity (Wildman–Crippen MR) is 144 cm³/mol. The summed E-state index contributed by atoms with van der Waals surface area (Å²) in [5.74, 6) is 2.64. The Hall–Kier alpha value is -2.50. The smallest absolute Gasteiger partial charge is 0.115 e. The SMILES string of the molecule is C#CC[C@H]1O[C@H]2C[C@H]3O[C@@H](CC=C)[C@H](OCc4ccccc4)[C@@H](OCc4ccccc4)[C@@H]3O[C@@H]2CC[C@@H]1O. The molecule has 0 aliphatic carbocycles. The molecule has 1 N–H and O–H groups in total. The van der Waals surface area contributed by atoms with E-state index in [9.17, 15) is 5.11 Å². The van der Waals surface area contributed by atoms with Gasteiger partial charge in [-0.25, -0.2) is 0 Å². The van der Waals surface area contributed by atoms with Crippen LogP contribution in [0.15, 0.2) is 73.3 Å². The van der Waals surface area contributed by atoms with Crippen LogP contribution in [0, 0.1) is 12.3 Å². The van der Waals surface area contributed by atoms with Gasteiger partial charge in [0.1, 0.15) is 18.3 Å². The fourth-order valence-corrected chi connectivity index (χ4v) is 5.83. The maximum Gasteiger partial charge on any atom is 0.115 e. The topological polar surface area (TPSA) is 66.4 Å². The molecule has 0 radical (unpaired) electrons. The molecule has 2 aromatic rings. The maximum absolute atomic E-state index is 10.6. The minimum absolute atomic E-state index is 0.175. The van der Waals surface area contributed by atoms with E-state index in [2.05, 4.69) is 36.8 Å². The molecular weight excluding hydrogens is 480 g/mol. The van der Waals surface area contributed by atoms with Gasteiger partial charge < -0.3 is 28.8 Å². The average molecular weight is 519 g/mol. The molecule has 3 aliphatic rings. The van der Waals surface area contributed by atoms with Crippen molar-refractivity contribution in [3.63, 3.8) is 0 Å². The highest BCUT2D eigenvalue weighted by Gasteiger charge is 2.53. The second-order valence-corrected chi connectivity index (χ2v) is 10.4. The number of fused-ring (bicyclic) bond motifs is 2. The fourth-order valence-electron chi connectivity index (χ4n) is 5.83. The minimum atomic E-state index is -0.608. The van der Waals surface area contributed by atoms with Crippen molar-refractivity contribution in [3.8, 4) is 12.3 Å². The van der Waals surface area contributed by atoms with Crippen molar-refractivity contribution in [1.82, 2.24) is 0 Å². The zero-order valence-electron chi connectivity index (χ0n) is 21.8. The summed E-state index contributed by atoms with van der Waals surface area (Å²) in [5, 5.41) is 10.6. The van der Waals surface area contributed by atoms with Gasteiger partial charge in [0.15, 0.2) is 0 Å². The third-order valence-corrected chi connectivity index (χ3v) is 7.76. The van der Waals surface area contributed by atoms with Gasteiger partial charge in [-0.1, -0.05) is 66.7 Å². The van der Waals surface area contributed by atoms with E-state index in [0.717, 1.165) is 11.1 Å². The molecule has 38 heavy (non-hydrogen) atoms. The van der Waals surface area contributed by atoms with Gasteiger partial charge in [0, 0.05) is 12.8 Å². The quantitative estimate of drug-likeness (QED) is 0.387. The summed E-state index contributed by atoms with van der Waals surface area (Å²) < 4.78 is 32.8. The summed E-state index contributed by atoms with van der Waals surface area (Å²) in [6.45, 7) is 4.85. The van der Waals surface area contributed by atoms with Crippen LogP contribution in [0.5, 0.6) is 0 Å². The number of terminal acetylenes is 1. The van der Waals surface area contributed by atoms with Crippen LogP contribution in [0.3, 0.4) is 0 Å². The van der Waals surface area contributed by atoms with Crippen LogP contribution in [-0.4, -0.2) is 60.0 Å². The zero-order valence-corrected chi connectivity index (χ0v) is 21.8. The molecule has 0 bridgehead atoms. The standard InChI is InChI=1S/C32H38O6/c1-3-11-25-24(33)17-18-26-28(36-25)19-29-31(38-26)32(35-21-23-15-9-6-10-16-23)30(27(37-29)12-4-2)34-20-22-13-7-5-8-14-22/h1,4-10,13-16,24-33H,2,11-12,17-21H2/t24-,25+,26+,27-,28-,29+,30-,31+,32+/m0/s1. The molecule has 202 valence electrons. The second kappa shape index (κ2) is 13.0. The van der Waals surface area contributed by atoms with Gasteiger partial charge in [-0.3, -0.25) is 0 Å². The summed E-state index contributed by atoms with van der Waals surface area (Å²) in [6, 6.07) is 20.3. The van der Waals surface area contributed by atoms with Crippen molar-refractivity contribution in [1.29, 1.82) is 0 Å². The highest BCUT2D eigenvalue weighted by Crippen LogP contribution is 2.40. The molecule has 3 saturated heterocycles. The number of hydrogen-bond acceptors (Lipinski definition) is 6.